The number of nitrogens with one attached hydrogen (secondary N) is 1. The van der Waals surface area contributed by atoms with Gasteiger partial charge in [-0.05, 0) is 31.7 Å². The van der Waals surface area contributed by atoms with Gasteiger partial charge in [0, 0.05) is 6.04 Å². The highest BCUT2D eigenvalue weighted by atomic mass is 14.9. The Morgan fingerprint density at radius 2 is 1.89 bits per heavy atom. The van der Waals surface area contributed by atoms with Crippen molar-refractivity contribution in [3.8, 4) is 0 Å². The first kappa shape index (κ1) is 7.07. The third-order valence-electron chi connectivity index (χ3n) is 2.75. The van der Waals surface area contributed by atoms with Crippen LogP contribution >= 0.6 is 0 Å². The van der Waals surface area contributed by atoms with E-state index in [4.69, 9.17) is 0 Å². The van der Waals surface area contributed by atoms with Crippen molar-refractivity contribution >= 4 is 0 Å². The van der Waals surface area contributed by atoms with E-state index < -0.39 is 0 Å². The standard InChI is InChI=1S/C8H17N/c1-6-4-5-9-8(3)7(6)2/h6-9H,4-5H2,1-3H3. The topological polar surface area (TPSA) is 12.0 Å². The molecule has 0 aromatic heterocycles. The van der Waals surface area contributed by atoms with Crippen LogP contribution in [0, 0.1) is 11.8 Å². The van der Waals surface area contributed by atoms with Crippen molar-refractivity contribution in [2.24, 2.45) is 11.8 Å². The molecule has 3 unspecified atom stereocenters. The molecule has 0 aromatic carbocycles. The SMILES string of the molecule is CC1CCNC(C)C1C. The first-order valence-corrected chi connectivity index (χ1v) is 3.95. The number of piperidine rings is 1. The Morgan fingerprint density at radius 3 is 2.33 bits per heavy atom. The van der Waals surface area contributed by atoms with Gasteiger partial charge in [-0.3, -0.25) is 0 Å². The van der Waals surface area contributed by atoms with Crippen LogP contribution in [0.5, 0.6) is 0 Å². The molecule has 0 amide bonds. The van der Waals surface area contributed by atoms with Gasteiger partial charge in [0.1, 0.15) is 0 Å². The minimum atomic E-state index is 0.730. The monoisotopic (exact) mass is 127 g/mol. The maximum atomic E-state index is 3.46. The first-order chi connectivity index (χ1) is 4.22. The van der Waals surface area contributed by atoms with Gasteiger partial charge in [-0.25, -0.2) is 0 Å². The van der Waals surface area contributed by atoms with E-state index in [2.05, 4.69) is 26.1 Å². The smallest absolute Gasteiger partial charge is 0.00669 e. The van der Waals surface area contributed by atoms with E-state index in [-0.39, 0.29) is 0 Å². The fourth-order valence-corrected chi connectivity index (χ4v) is 1.48. The lowest BCUT2D eigenvalue weighted by molar-refractivity contribution is 0.233. The average Bonchev–Trinajstić information content (AvgIpc) is 1.83. The molecule has 1 aliphatic heterocycles. The van der Waals surface area contributed by atoms with Crippen LogP contribution in [-0.2, 0) is 0 Å². The molecule has 1 N–H and O–H groups in total. The molecule has 1 rings (SSSR count). The molecule has 0 spiro atoms. The molecule has 0 radical (unpaired) electrons. The van der Waals surface area contributed by atoms with Gasteiger partial charge in [-0.2, -0.15) is 0 Å². The zero-order valence-electron chi connectivity index (χ0n) is 6.65. The molecular formula is C8H17N. The van der Waals surface area contributed by atoms with E-state index in [1.807, 2.05) is 0 Å². The van der Waals surface area contributed by atoms with Crippen molar-refractivity contribution in [3.63, 3.8) is 0 Å². The molecular weight excluding hydrogens is 110 g/mol. The second kappa shape index (κ2) is 2.70. The summed E-state index contributed by atoms with van der Waals surface area (Å²) in [4.78, 5) is 0. The quantitative estimate of drug-likeness (QED) is 0.521. The number of hydrogen-bond acceptors (Lipinski definition) is 1. The molecule has 1 saturated heterocycles. The third kappa shape index (κ3) is 1.45. The summed E-state index contributed by atoms with van der Waals surface area (Å²) in [5.41, 5.74) is 0. The van der Waals surface area contributed by atoms with Crippen molar-refractivity contribution in [2.45, 2.75) is 33.2 Å². The van der Waals surface area contributed by atoms with Crippen molar-refractivity contribution in [2.75, 3.05) is 6.54 Å². The lowest BCUT2D eigenvalue weighted by Crippen LogP contribution is -2.41. The van der Waals surface area contributed by atoms with Gasteiger partial charge in [0.25, 0.3) is 0 Å². The van der Waals surface area contributed by atoms with Crippen LogP contribution in [0.3, 0.4) is 0 Å². The fraction of sp³-hybridized carbons (Fsp3) is 1.00. The minimum absolute atomic E-state index is 0.730. The highest BCUT2D eigenvalue weighted by Crippen LogP contribution is 2.21. The molecule has 9 heavy (non-hydrogen) atoms. The molecule has 1 nitrogen and oxygen atoms in total. The Bertz CT molecular complexity index is 80.6. The average molecular weight is 127 g/mol. The van der Waals surface area contributed by atoms with Crippen molar-refractivity contribution in [3.05, 3.63) is 0 Å². The number of hydrogen-bond donors (Lipinski definition) is 1. The molecule has 1 heteroatoms. The van der Waals surface area contributed by atoms with Gasteiger partial charge in [0.2, 0.25) is 0 Å². The fourth-order valence-electron chi connectivity index (χ4n) is 1.48. The van der Waals surface area contributed by atoms with Gasteiger partial charge in [-0.1, -0.05) is 13.8 Å². The van der Waals surface area contributed by atoms with Crippen LogP contribution < -0.4 is 5.32 Å². The van der Waals surface area contributed by atoms with Crippen molar-refractivity contribution < 1.29 is 0 Å². The largest absolute Gasteiger partial charge is 0.314 e. The second-order valence-corrected chi connectivity index (χ2v) is 3.37. The summed E-state index contributed by atoms with van der Waals surface area (Å²) in [6, 6.07) is 0.730. The van der Waals surface area contributed by atoms with Crippen LogP contribution in [0.4, 0.5) is 0 Å². The Balaban J connectivity index is 2.41. The third-order valence-corrected chi connectivity index (χ3v) is 2.75. The zero-order valence-corrected chi connectivity index (χ0v) is 6.65. The van der Waals surface area contributed by atoms with Crippen LogP contribution in [0.15, 0.2) is 0 Å². The maximum absolute atomic E-state index is 3.46. The van der Waals surface area contributed by atoms with Gasteiger partial charge in [-0.15, -0.1) is 0 Å². The van der Waals surface area contributed by atoms with E-state index in [0.717, 1.165) is 17.9 Å². The molecule has 3 atom stereocenters. The Morgan fingerprint density at radius 1 is 1.22 bits per heavy atom. The van der Waals surface area contributed by atoms with Crippen molar-refractivity contribution in [1.82, 2.24) is 5.32 Å². The van der Waals surface area contributed by atoms with Crippen LogP contribution in [0.1, 0.15) is 27.2 Å². The van der Waals surface area contributed by atoms with Gasteiger partial charge in [0.05, 0.1) is 0 Å². The van der Waals surface area contributed by atoms with Gasteiger partial charge in [0.15, 0.2) is 0 Å². The van der Waals surface area contributed by atoms with E-state index >= 15 is 0 Å². The zero-order chi connectivity index (χ0) is 6.85. The highest BCUT2D eigenvalue weighted by molar-refractivity contribution is 4.78. The van der Waals surface area contributed by atoms with E-state index in [1.54, 1.807) is 0 Å². The summed E-state index contributed by atoms with van der Waals surface area (Å²) in [6.07, 6.45) is 1.35. The molecule has 1 heterocycles. The van der Waals surface area contributed by atoms with Crippen molar-refractivity contribution in [1.29, 1.82) is 0 Å². The van der Waals surface area contributed by atoms with E-state index in [1.165, 1.54) is 13.0 Å². The summed E-state index contributed by atoms with van der Waals surface area (Å²) in [5.74, 6) is 1.78. The molecule has 1 aliphatic rings. The molecule has 0 aromatic rings. The molecule has 1 fully saturated rings. The predicted molar refractivity (Wildman–Crippen MR) is 40.4 cm³/mol. The van der Waals surface area contributed by atoms with Crippen LogP contribution in [0.2, 0.25) is 0 Å². The normalized spacial score (nSPS) is 45.0. The van der Waals surface area contributed by atoms with Gasteiger partial charge >= 0.3 is 0 Å². The molecule has 0 aliphatic carbocycles. The molecule has 54 valence electrons. The van der Waals surface area contributed by atoms with Crippen LogP contribution in [-0.4, -0.2) is 12.6 Å². The highest BCUT2D eigenvalue weighted by Gasteiger charge is 2.22. The predicted octanol–water partition coefficient (Wildman–Crippen LogP) is 1.64. The second-order valence-electron chi connectivity index (χ2n) is 3.37. The number of rotatable bonds is 0. The summed E-state index contributed by atoms with van der Waals surface area (Å²) < 4.78 is 0. The van der Waals surface area contributed by atoms with Crippen LogP contribution in [0.25, 0.3) is 0 Å². The lowest BCUT2D eigenvalue weighted by Gasteiger charge is -2.32. The summed E-state index contributed by atoms with van der Waals surface area (Å²) >= 11 is 0. The Labute approximate surface area is 57.8 Å². The Kier molecular flexibility index (Phi) is 2.12. The summed E-state index contributed by atoms with van der Waals surface area (Å²) in [6.45, 7) is 8.18. The maximum Gasteiger partial charge on any atom is 0.00669 e. The first-order valence-electron chi connectivity index (χ1n) is 3.95. The molecule has 0 bridgehead atoms. The Hall–Kier alpha value is -0.0400. The minimum Gasteiger partial charge on any atom is -0.314 e. The molecule has 0 saturated carbocycles. The summed E-state index contributed by atoms with van der Waals surface area (Å²) in [5, 5.41) is 3.46. The van der Waals surface area contributed by atoms with Gasteiger partial charge < -0.3 is 5.32 Å². The van der Waals surface area contributed by atoms with E-state index in [0.29, 0.717) is 0 Å². The summed E-state index contributed by atoms with van der Waals surface area (Å²) in [7, 11) is 0. The lowest BCUT2D eigenvalue weighted by atomic mass is 9.84. The van der Waals surface area contributed by atoms with E-state index in [9.17, 15) is 0 Å².